The van der Waals surface area contributed by atoms with E-state index in [1.807, 2.05) is 44.1 Å². The smallest absolute Gasteiger partial charge is 0.105 e. The first kappa shape index (κ1) is 15.0. The summed E-state index contributed by atoms with van der Waals surface area (Å²) in [5, 5.41) is 8.31. The first-order valence-corrected chi connectivity index (χ1v) is 7.36. The minimum absolute atomic E-state index is 0.476. The van der Waals surface area contributed by atoms with Crippen molar-refractivity contribution in [3.05, 3.63) is 64.4 Å². The highest BCUT2D eigenvalue weighted by Gasteiger charge is 2.46. The summed E-state index contributed by atoms with van der Waals surface area (Å²) < 4.78 is 0. The van der Waals surface area contributed by atoms with Crippen molar-refractivity contribution in [2.75, 3.05) is 14.1 Å². The van der Waals surface area contributed by atoms with Crippen molar-refractivity contribution in [1.29, 1.82) is 5.41 Å². The number of allylic oxidation sites excluding steroid dienone is 4. The van der Waals surface area contributed by atoms with E-state index in [1.54, 1.807) is 0 Å². The van der Waals surface area contributed by atoms with Gasteiger partial charge in [0.25, 0.3) is 0 Å². The van der Waals surface area contributed by atoms with Crippen LogP contribution in [0.1, 0.15) is 18.3 Å². The average Bonchev–Trinajstić information content (AvgIpc) is 3.36. The molecule has 0 saturated carbocycles. The van der Waals surface area contributed by atoms with Gasteiger partial charge in [-0.1, -0.05) is 12.6 Å². The van der Waals surface area contributed by atoms with Crippen LogP contribution in [0.2, 0.25) is 0 Å². The third kappa shape index (κ3) is 2.74. The molecule has 1 aliphatic carbocycles. The van der Waals surface area contributed by atoms with E-state index in [1.165, 1.54) is 0 Å². The second kappa shape index (κ2) is 5.38. The quantitative estimate of drug-likeness (QED) is 0.625. The van der Waals surface area contributed by atoms with Gasteiger partial charge in [-0.05, 0) is 19.1 Å². The van der Waals surface area contributed by atoms with Crippen LogP contribution in [0.5, 0.6) is 0 Å². The Labute approximate surface area is 135 Å². The molecule has 3 rings (SSSR count). The van der Waals surface area contributed by atoms with Gasteiger partial charge < -0.3 is 10.6 Å². The molecule has 0 spiro atoms. The molecular formula is C18H19N5. The van der Waals surface area contributed by atoms with Crippen LogP contribution in [-0.4, -0.2) is 35.4 Å². The summed E-state index contributed by atoms with van der Waals surface area (Å²) in [6, 6.07) is 5.82. The van der Waals surface area contributed by atoms with Crippen LogP contribution >= 0.6 is 0 Å². The Balaban J connectivity index is 1.86. The summed E-state index contributed by atoms with van der Waals surface area (Å²) in [6.07, 6.45) is 0.525. The molecule has 3 N–H and O–H groups in total. The largest absolute Gasteiger partial charge is 0.402 e. The highest BCUT2D eigenvalue weighted by Crippen LogP contribution is 2.44. The molecule has 0 fully saturated rings. The molecule has 1 aromatic rings. The lowest BCUT2D eigenvalue weighted by molar-refractivity contribution is 0.589. The van der Waals surface area contributed by atoms with Gasteiger partial charge in [0, 0.05) is 37.5 Å². The summed E-state index contributed by atoms with van der Waals surface area (Å²) in [7, 11) is 3.86. The zero-order chi connectivity index (χ0) is 16.7. The number of nitrogens with zero attached hydrogens (tertiary/aromatic N) is 3. The Kier molecular flexibility index (Phi) is 3.51. The van der Waals surface area contributed by atoms with Crippen molar-refractivity contribution in [2.24, 2.45) is 10.7 Å². The molecule has 116 valence electrons. The predicted molar refractivity (Wildman–Crippen MR) is 93.3 cm³/mol. The second-order valence-corrected chi connectivity index (χ2v) is 5.83. The number of nitrogens with one attached hydrogen (secondary N) is 1. The van der Waals surface area contributed by atoms with Crippen LogP contribution in [0.15, 0.2) is 58.0 Å². The zero-order valence-corrected chi connectivity index (χ0v) is 13.6. The van der Waals surface area contributed by atoms with Crippen LogP contribution in [0.25, 0.3) is 5.70 Å². The first-order valence-electron chi connectivity index (χ1n) is 7.36. The van der Waals surface area contributed by atoms with E-state index < -0.39 is 0 Å². The number of hydrogen-bond acceptors (Lipinski definition) is 5. The molecule has 5 nitrogen and oxygen atoms in total. The molecule has 0 saturated heterocycles. The standard InChI is InChI=1S/C18H19N5/c1-5-14(23(3)4)13-8-6-7-11(21-13)9-12(10(2)19)16(20)15-17-18(15)22-17/h6-8,20H,1,9,19H2,2-4H3. The number of hydrogen-bond donors (Lipinski definition) is 2. The third-order valence-corrected chi connectivity index (χ3v) is 3.86. The number of aliphatic imine (C=N–C) groups is 1. The fourth-order valence-electron chi connectivity index (χ4n) is 2.49. The Morgan fingerprint density at radius 1 is 1.39 bits per heavy atom. The Hall–Kier alpha value is -2.91. The third-order valence-electron chi connectivity index (χ3n) is 3.86. The molecule has 0 amide bonds. The summed E-state index contributed by atoms with van der Waals surface area (Å²) in [5.41, 5.74) is 16.3. The van der Waals surface area contributed by atoms with Crippen LogP contribution in [0, 0.1) is 5.41 Å². The van der Waals surface area contributed by atoms with Gasteiger partial charge in [0.1, 0.15) is 17.1 Å². The van der Waals surface area contributed by atoms with E-state index in [9.17, 15) is 0 Å². The molecule has 0 radical (unpaired) electrons. The van der Waals surface area contributed by atoms with Gasteiger partial charge >= 0.3 is 0 Å². The average molecular weight is 305 g/mol. The number of rotatable bonds is 6. The number of fused-ring (bicyclic) bond motifs is 1. The zero-order valence-electron chi connectivity index (χ0n) is 13.6. The van der Waals surface area contributed by atoms with Crippen molar-refractivity contribution >= 4 is 17.1 Å². The first-order chi connectivity index (χ1) is 10.9. The van der Waals surface area contributed by atoms with Crippen molar-refractivity contribution in [3.63, 3.8) is 0 Å². The molecule has 23 heavy (non-hydrogen) atoms. The molecule has 5 heteroatoms. The van der Waals surface area contributed by atoms with Crippen LogP contribution in [-0.2, 0) is 6.42 Å². The molecule has 0 unspecified atom stereocenters. The van der Waals surface area contributed by atoms with Gasteiger partial charge in [0.05, 0.1) is 17.0 Å². The molecule has 2 heterocycles. The number of aromatic nitrogens is 1. The monoisotopic (exact) mass is 305 g/mol. The summed E-state index contributed by atoms with van der Waals surface area (Å²) >= 11 is 0. The molecule has 1 aliphatic heterocycles. The molecule has 0 atom stereocenters. The van der Waals surface area contributed by atoms with E-state index in [0.717, 1.165) is 39.6 Å². The fraction of sp³-hybridized carbons (Fsp3) is 0.222. The molecule has 2 aliphatic rings. The van der Waals surface area contributed by atoms with E-state index in [-0.39, 0.29) is 0 Å². The summed E-state index contributed by atoms with van der Waals surface area (Å²) in [4.78, 5) is 10.7. The lowest BCUT2D eigenvalue weighted by Crippen LogP contribution is -2.14. The minimum atomic E-state index is 0.476. The van der Waals surface area contributed by atoms with Gasteiger partial charge in [-0.2, -0.15) is 0 Å². The number of nitrogens with two attached hydrogens (primary N) is 1. The Morgan fingerprint density at radius 2 is 2.09 bits per heavy atom. The Bertz CT molecular complexity index is 857. The van der Waals surface area contributed by atoms with Gasteiger partial charge in [-0.25, -0.2) is 4.99 Å². The highest BCUT2D eigenvalue weighted by molar-refractivity contribution is 6.53. The van der Waals surface area contributed by atoms with Crippen molar-refractivity contribution < 1.29 is 0 Å². The second-order valence-electron chi connectivity index (χ2n) is 5.83. The van der Waals surface area contributed by atoms with Crippen LogP contribution in [0.4, 0.5) is 0 Å². The van der Waals surface area contributed by atoms with E-state index >= 15 is 0 Å². The fourth-order valence-corrected chi connectivity index (χ4v) is 2.49. The Morgan fingerprint density at radius 3 is 2.57 bits per heavy atom. The summed E-state index contributed by atoms with van der Waals surface area (Å²) in [5.74, 6) is 0. The molecular weight excluding hydrogens is 286 g/mol. The van der Waals surface area contributed by atoms with Crippen molar-refractivity contribution in [1.82, 2.24) is 9.88 Å². The SMILES string of the molecule is C=C=C(c1cccc(CC(C(=N)C2=C3N=C32)=C(C)N)n1)N(C)C. The molecule has 0 aromatic carbocycles. The normalized spacial score (nSPS) is 15.2. The van der Waals surface area contributed by atoms with Crippen molar-refractivity contribution in [3.8, 4) is 0 Å². The van der Waals surface area contributed by atoms with Crippen molar-refractivity contribution in [2.45, 2.75) is 13.3 Å². The maximum Gasteiger partial charge on any atom is 0.105 e. The minimum Gasteiger partial charge on any atom is -0.402 e. The summed E-state index contributed by atoms with van der Waals surface area (Å²) in [6.45, 7) is 5.55. The number of pyridine rings is 1. The van der Waals surface area contributed by atoms with Gasteiger partial charge in [-0.15, -0.1) is 5.73 Å². The van der Waals surface area contributed by atoms with E-state index in [4.69, 9.17) is 11.1 Å². The maximum absolute atomic E-state index is 8.31. The van der Waals surface area contributed by atoms with Crippen LogP contribution in [0.3, 0.4) is 0 Å². The molecule has 0 bridgehead atoms. The van der Waals surface area contributed by atoms with Gasteiger partial charge in [0.15, 0.2) is 0 Å². The maximum atomic E-state index is 8.31. The van der Waals surface area contributed by atoms with Crippen LogP contribution < -0.4 is 5.73 Å². The highest BCUT2D eigenvalue weighted by atomic mass is 15.1. The van der Waals surface area contributed by atoms with Gasteiger partial charge in [0.2, 0.25) is 0 Å². The molecule has 1 aromatic heterocycles. The topological polar surface area (TPSA) is 78.4 Å². The van der Waals surface area contributed by atoms with E-state index in [0.29, 0.717) is 17.8 Å². The lowest BCUT2D eigenvalue weighted by Gasteiger charge is -2.15. The van der Waals surface area contributed by atoms with Gasteiger partial charge in [-0.3, -0.25) is 10.4 Å². The predicted octanol–water partition coefficient (Wildman–Crippen LogP) is 2.29. The lowest BCUT2D eigenvalue weighted by atomic mass is 10.00. The van der Waals surface area contributed by atoms with E-state index in [2.05, 4.69) is 22.3 Å².